The van der Waals surface area contributed by atoms with E-state index in [1.165, 1.54) is 24.3 Å². The third kappa shape index (κ3) is 4.43. The number of thiophene rings is 1. The van der Waals surface area contributed by atoms with Gasteiger partial charge in [-0.3, -0.25) is 4.79 Å². The molecule has 0 saturated carbocycles. The van der Waals surface area contributed by atoms with Crippen LogP contribution in [0.15, 0.2) is 41.8 Å². The van der Waals surface area contributed by atoms with E-state index in [2.05, 4.69) is 5.92 Å². The monoisotopic (exact) mass is 326 g/mol. The van der Waals surface area contributed by atoms with Crippen molar-refractivity contribution in [3.63, 3.8) is 0 Å². The van der Waals surface area contributed by atoms with Crippen molar-refractivity contribution in [1.29, 1.82) is 0 Å². The summed E-state index contributed by atoms with van der Waals surface area (Å²) in [7, 11) is 0. The maximum Gasteiger partial charge on any atom is 0.402 e. The summed E-state index contributed by atoms with van der Waals surface area (Å²) in [6.07, 6.45) is -5.36. The van der Waals surface area contributed by atoms with Gasteiger partial charge in [0.25, 0.3) is 0 Å². The number of halogens is 4. The lowest BCUT2D eigenvalue weighted by atomic mass is 10.0. The molecule has 0 spiro atoms. The minimum absolute atomic E-state index is 0.137. The largest absolute Gasteiger partial charge is 0.402 e. The quantitative estimate of drug-likeness (QED) is 0.454. The van der Waals surface area contributed by atoms with Crippen molar-refractivity contribution in [1.82, 2.24) is 0 Å². The van der Waals surface area contributed by atoms with E-state index in [9.17, 15) is 22.4 Å². The predicted octanol–water partition coefficient (Wildman–Crippen LogP) is 4.69. The van der Waals surface area contributed by atoms with Crippen LogP contribution >= 0.6 is 11.3 Å². The minimum atomic E-state index is -4.62. The molecule has 1 atom stereocenters. The summed E-state index contributed by atoms with van der Waals surface area (Å²) in [6.45, 7) is 0. The van der Waals surface area contributed by atoms with Crippen molar-refractivity contribution in [3.05, 3.63) is 58.0 Å². The zero-order valence-corrected chi connectivity index (χ0v) is 12.0. The number of rotatable bonds is 3. The molecular weight excluding hydrogens is 316 g/mol. The standard InChI is InChI=1S/C16H10F4OS/c17-13-4-1-3-11(9-13)6-7-12(16(18,19)20)10-14(21)15-5-2-8-22-15/h1-5,8-9,12H,10H2/t12-/m1/s1. The maximum atomic E-state index is 13.0. The van der Waals surface area contributed by atoms with Crippen LogP contribution in [0.4, 0.5) is 17.6 Å². The number of alkyl halides is 3. The highest BCUT2D eigenvalue weighted by atomic mass is 32.1. The fourth-order valence-corrected chi connectivity index (χ4v) is 2.38. The number of hydrogen-bond acceptors (Lipinski definition) is 2. The summed E-state index contributed by atoms with van der Waals surface area (Å²) in [4.78, 5) is 12.1. The molecule has 0 bridgehead atoms. The molecule has 0 fully saturated rings. The van der Waals surface area contributed by atoms with E-state index >= 15 is 0 Å². The summed E-state index contributed by atoms with van der Waals surface area (Å²) in [5.41, 5.74) is 0.137. The van der Waals surface area contributed by atoms with E-state index in [-0.39, 0.29) is 10.4 Å². The highest BCUT2D eigenvalue weighted by Gasteiger charge is 2.40. The number of hydrogen-bond donors (Lipinski definition) is 0. The second-order valence-electron chi connectivity index (χ2n) is 4.48. The smallest absolute Gasteiger partial charge is 0.293 e. The molecule has 0 unspecified atom stereocenters. The molecule has 0 aliphatic heterocycles. The van der Waals surface area contributed by atoms with Gasteiger partial charge in [0, 0.05) is 12.0 Å². The van der Waals surface area contributed by atoms with E-state index in [4.69, 9.17) is 0 Å². The molecule has 114 valence electrons. The maximum absolute atomic E-state index is 13.0. The third-order valence-electron chi connectivity index (χ3n) is 2.80. The Kier molecular flexibility index (Phi) is 4.99. The second-order valence-corrected chi connectivity index (χ2v) is 5.43. The molecule has 1 aromatic heterocycles. The zero-order chi connectivity index (χ0) is 16.2. The zero-order valence-electron chi connectivity index (χ0n) is 11.2. The molecule has 2 aromatic rings. The first-order valence-corrected chi connectivity index (χ1v) is 7.15. The molecule has 0 aliphatic carbocycles. The van der Waals surface area contributed by atoms with Gasteiger partial charge in [-0.05, 0) is 29.6 Å². The molecule has 1 heterocycles. The first-order chi connectivity index (χ1) is 10.4. The topological polar surface area (TPSA) is 17.1 Å². The van der Waals surface area contributed by atoms with Crippen LogP contribution in [0.2, 0.25) is 0 Å². The molecule has 1 aromatic carbocycles. The van der Waals surface area contributed by atoms with Gasteiger partial charge in [0.2, 0.25) is 0 Å². The number of Topliss-reactive ketones (excluding diaryl/α,β-unsaturated/α-hetero) is 1. The molecule has 0 N–H and O–H groups in total. The third-order valence-corrected chi connectivity index (χ3v) is 3.71. The van der Waals surface area contributed by atoms with Gasteiger partial charge >= 0.3 is 6.18 Å². The van der Waals surface area contributed by atoms with E-state index in [0.29, 0.717) is 0 Å². The van der Waals surface area contributed by atoms with Crippen LogP contribution in [-0.4, -0.2) is 12.0 Å². The number of benzene rings is 1. The van der Waals surface area contributed by atoms with Gasteiger partial charge in [0.1, 0.15) is 11.7 Å². The van der Waals surface area contributed by atoms with Crippen molar-refractivity contribution >= 4 is 17.1 Å². The molecule has 1 nitrogen and oxygen atoms in total. The summed E-state index contributed by atoms with van der Waals surface area (Å²) in [5.74, 6) is 1.06. The van der Waals surface area contributed by atoms with Gasteiger partial charge < -0.3 is 0 Å². The van der Waals surface area contributed by atoms with Crippen LogP contribution in [0.25, 0.3) is 0 Å². The lowest BCUT2D eigenvalue weighted by Gasteiger charge is -2.13. The van der Waals surface area contributed by atoms with Crippen LogP contribution in [-0.2, 0) is 0 Å². The molecule has 0 amide bonds. The molecular formula is C16H10F4OS. The highest BCUT2D eigenvalue weighted by Crippen LogP contribution is 2.30. The van der Waals surface area contributed by atoms with Crippen molar-refractivity contribution in [2.24, 2.45) is 5.92 Å². The average molecular weight is 326 g/mol. The Hall–Kier alpha value is -2.13. The van der Waals surface area contributed by atoms with Crippen LogP contribution in [0.5, 0.6) is 0 Å². The fourth-order valence-electron chi connectivity index (χ4n) is 1.71. The normalized spacial score (nSPS) is 12.4. The van der Waals surface area contributed by atoms with Gasteiger partial charge in [-0.15, -0.1) is 11.3 Å². The Morgan fingerprint density at radius 1 is 1.23 bits per heavy atom. The Labute approximate surface area is 128 Å². The van der Waals surface area contributed by atoms with Crippen molar-refractivity contribution < 1.29 is 22.4 Å². The lowest BCUT2D eigenvalue weighted by molar-refractivity contribution is -0.157. The van der Waals surface area contributed by atoms with Crippen LogP contribution in [0.1, 0.15) is 21.7 Å². The minimum Gasteiger partial charge on any atom is -0.293 e. The molecule has 0 radical (unpaired) electrons. The molecule has 0 aliphatic rings. The predicted molar refractivity (Wildman–Crippen MR) is 76.1 cm³/mol. The second kappa shape index (κ2) is 6.75. The first kappa shape index (κ1) is 16.2. The highest BCUT2D eigenvalue weighted by molar-refractivity contribution is 7.12. The van der Waals surface area contributed by atoms with Gasteiger partial charge in [-0.25, -0.2) is 4.39 Å². The summed E-state index contributed by atoms with van der Waals surface area (Å²) in [6, 6.07) is 8.05. The van der Waals surface area contributed by atoms with Crippen molar-refractivity contribution in [3.8, 4) is 11.8 Å². The van der Waals surface area contributed by atoms with Crippen molar-refractivity contribution in [2.45, 2.75) is 12.6 Å². The van der Waals surface area contributed by atoms with E-state index in [0.717, 1.165) is 17.4 Å². The van der Waals surface area contributed by atoms with Gasteiger partial charge in [-0.1, -0.05) is 24.0 Å². The Balaban J connectivity index is 2.19. The number of carbonyl (C=O) groups excluding carboxylic acids is 1. The SMILES string of the molecule is O=C(C[C@@H](C#Cc1cccc(F)c1)C(F)(F)F)c1cccs1. The van der Waals surface area contributed by atoms with Crippen LogP contribution in [0.3, 0.4) is 0 Å². The summed E-state index contributed by atoms with van der Waals surface area (Å²) in [5, 5.41) is 1.62. The van der Waals surface area contributed by atoms with Crippen molar-refractivity contribution in [2.75, 3.05) is 0 Å². The van der Waals surface area contributed by atoms with E-state index in [1.807, 2.05) is 5.92 Å². The van der Waals surface area contributed by atoms with E-state index < -0.39 is 30.1 Å². The van der Waals surface area contributed by atoms with Crippen LogP contribution < -0.4 is 0 Å². The summed E-state index contributed by atoms with van der Waals surface area (Å²) >= 11 is 1.09. The Morgan fingerprint density at radius 2 is 2.00 bits per heavy atom. The lowest BCUT2D eigenvalue weighted by Crippen LogP contribution is -2.24. The Morgan fingerprint density at radius 3 is 2.59 bits per heavy atom. The first-order valence-electron chi connectivity index (χ1n) is 6.27. The van der Waals surface area contributed by atoms with Gasteiger partial charge in [0.05, 0.1) is 4.88 Å². The summed E-state index contributed by atoms with van der Waals surface area (Å²) < 4.78 is 51.9. The Bertz CT molecular complexity index is 708. The molecule has 2 rings (SSSR count). The van der Waals surface area contributed by atoms with Gasteiger partial charge in [0.15, 0.2) is 5.78 Å². The average Bonchev–Trinajstić information content (AvgIpc) is 2.96. The van der Waals surface area contributed by atoms with Crippen LogP contribution in [0, 0.1) is 23.6 Å². The number of carbonyl (C=O) groups is 1. The molecule has 22 heavy (non-hydrogen) atoms. The fraction of sp³-hybridized carbons (Fsp3) is 0.188. The van der Waals surface area contributed by atoms with E-state index in [1.54, 1.807) is 11.4 Å². The number of ketones is 1. The van der Waals surface area contributed by atoms with Gasteiger partial charge in [-0.2, -0.15) is 13.2 Å². The molecule has 0 saturated heterocycles. The molecule has 6 heteroatoms.